The Morgan fingerprint density at radius 1 is 1.36 bits per heavy atom. The van der Waals surface area contributed by atoms with Gasteiger partial charge in [0.05, 0.1) is 5.71 Å². The number of rotatable bonds is 3. The second-order valence-corrected chi connectivity index (χ2v) is 3.17. The molecule has 0 bridgehead atoms. The third-order valence-electron chi connectivity index (χ3n) is 2.07. The van der Waals surface area contributed by atoms with E-state index in [-0.39, 0.29) is 0 Å². The van der Waals surface area contributed by atoms with Gasteiger partial charge in [0.15, 0.2) is 0 Å². The maximum atomic E-state index is 4.47. The van der Waals surface area contributed by atoms with E-state index in [1.807, 2.05) is 13.0 Å². The standard InChI is InChI=1S/C13H17N/c1-4-8-13(14-5-2)12-10-7-6-9-11(12)3/h4,6-10H,5H2,1-3H3/b8-4-,14-13?. The van der Waals surface area contributed by atoms with E-state index in [9.17, 15) is 0 Å². The summed E-state index contributed by atoms with van der Waals surface area (Å²) in [5, 5.41) is 0. The van der Waals surface area contributed by atoms with Crippen molar-refractivity contribution in [3.63, 3.8) is 0 Å². The number of hydrogen-bond acceptors (Lipinski definition) is 1. The Balaban J connectivity index is 3.12. The van der Waals surface area contributed by atoms with E-state index >= 15 is 0 Å². The monoisotopic (exact) mass is 187 g/mol. The van der Waals surface area contributed by atoms with Crippen LogP contribution in [0, 0.1) is 6.92 Å². The Hall–Kier alpha value is -1.37. The van der Waals surface area contributed by atoms with Crippen LogP contribution in [0.5, 0.6) is 0 Å². The molecule has 14 heavy (non-hydrogen) atoms. The van der Waals surface area contributed by atoms with Gasteiger partial charge in [-0.2, -0.15) is 0 Å². The Kier molecular flexibility index (Phi) is 4.11. The first-order chi connectivity index (χ1) is 6.79. The molecule has 1 aromatic rings. The molecule has 0 heterocycles. The van der Waals surface area contributed by atoms with Crippen molar-refractivity contribution in [1.29, 1.82) is 0 Å². The highest BCUT2D eigenvalue weighted by molar-refractivity contribution is 6.09. The van der Waals surface area contributed by atoms with Crippen LogP contribution in [-0.2, 0) is 0 Å². The highest BCUT2D eigenvalue weighted by Crippen LogP contribution is 2.09. The molecule has 0 aliphatic rings. The summed E-state index contributed by atoms with van der Waals surface area (Å²) in [6.07, 6.45) is 4.09. The lowest BCUT2D eigenvalue weighted by Gasteiger charge is -2.04. The second-order valence-electron chi connectivity index (χ2n) is 3.17. The number of nitrogens with zero attached hydrogens (tertiary/aromatic N) is 1. The Labute approximate surface area is 86.2 Å². The summed E-state index contributed by atoms with van der Waals surface area (Å²) in [5.41, 5.74) is 3.58. The van der Waals surface area contributed by atoms with Crippen LogP contribution in [0.2, 0.25) is 0 Å². The smallest absolute Gasteiger partial charge is 0.0645 e. The van der Waals surface area contributed by atoms with Crippen molar-refractivity contribution in [3.05, 3.63) is 47.5 Å². The first-order valence-corrected chi connectivity index (χ1v) is 5.02. The summed E-state index contributed by atoms with van der Waals surface area (Å²) in [6, 6.07) is 8.34. The highest BCUT2D eigenvalue weighted by atomic mass is 14.7. The van der Waals surface area contributed by atoms with Crippen LogP contribution in [-0.4, -0.2) is 12.3 Å². The van der Waals surface area contributed by atoms with Crippen LogP contribution in [0.4, 0.5) is 0 Å². The Morgan fingerprint density at radius 2 is 2.07 bits per heavy atom. The van der Waals surface area contributed by atoms with Crippen molar-refractivity contribution in [2.24, 2.45) is 4.99 Å². The average Bonchev–Trinajstić information content (AvgIpc) is 2.18. The van der Waals surface area contributed by atoms with E-state index in [1.54, 1.807) is 0 Å². The van der Waals surface area contributed by atoms with E-state index in [1.165, 1.54) is 11.1 Å². The van der Waals surface area contributed by atoms with Gasteiger partial charge in [0.2, 0.25) is 0 Å². The molecule has 0 spiro atoms. The Morgan fingerprint density at radius 3 is 2.64 bits per heavy atom. The zero-order valence-corrected chi connectivity index (χ0v) is 9.12. The third kappa shape index (κ3) is 2.56. The second kappa shape index (κ2) is 5.38. The minimum absolute atomic E-state index is 0.827. The van der Waals surface area contributed by atoms with Crippen molar-refractivity contribution < 1.29 is 0 Å². The molecule has 0 atom stereocenters. The quantitative estimate of drug-likeness (QED) is 0.643. The zero-order chi connectivity index (χ0) is 10.4. The van der Waals surface area contributed by atoms with Crippen LogP contribution in [0.1, 0.15) is 25.0 Å². The van der Waals surface area contributed by atoms with Gasteiger partial charge in [-0.15, -0.1) is 0 Å². The minimum Gasteiger partial charge on any atom is -0.285 e. The van der Waals surface area contributed by atoms with Gasteiger partial charge in [-0.1, -0.05) is 30.3 Å². The maximum Gasteiger partial charge on any atom is 0.0645 e. The summed E-state index contributed by atoms with van der Waals surface area (Å²) < 4.78 is 0. The average molecular weight is 187 g/mol. The summed E-state index contributed by atoms with van der Waals surface area (Å²) in [7, 11) is 0. The Bertz CT molecular complexity index is 348. The fraction of sp³-hybridized carbons (Fsp3) is 0.308. The van der Waals surface area contributed by atoms with Gasteiger partial charge in [0.1, 0.15) is 0 Å². The molecule has 1 nitrogen and oxygen atoms in total. The van der Waals surface area contributed by atoms with Crippen LogP contribution < -0.4 is 0 Å². The molecule has 0 aliphatic heterocycles. The van der Waals surface area contributed by atoms with E-state index in [2.05, 4.69) is 49.2 Å². The number of hydrogen-bond donors (Lipinski definition) is 0. The molecule has 0 aliphatic carbocycles. The molecule has 0 amide bonds. The van der Waals surface area contributed by atoms with Gasteiger partial charge < -0.3 is 0 Å². The van der Waals surface area contributed by atoms with Gasteiger partial charge in [-0.3, -0.25) is 4.99 Å². The zero-order valence-electron chi connectivity index (χ0n) is 9.12. The topological polar surface area (TPSA) is 12.4 Å². The van der Waals surface area contributed by atoms with Crippen LogP contribution in [0.25, 0.3) is 0 Å². The number of aliphatic imine (C=N–C) groups is 1. The number of allylic oxidation sites excluding steroid dienone is 2. The molecule has 1 heteroatoms. The molecule has 0 aromatic heterocycles. The van der Waals surface area contributed by atoms with Gasteiger partial charge in [0.25, 0.3) is 0 Å². The maximum absolute atomic E-state index is 4.47. The van der Waals surface area contributed by atoms with Crippen molar-refractivity contribution in [3.8, 4) is 0 Å². The van der Waals surface area contributed by atoms with E-state index in [4.69, 9.17) is 0 Å². The van der Waals surface area contributed by atoms with E-state index in [0.717, 1.165) is 12.3 Å². The van der Waals surface area contributed by atoms with Crippen molar-refractivity contribution in [2.75, 3.05) is 6.54 Å². The molecule has 1 rings (SSSR count). The van der Waals surface area contributed by atoms with Crippen LogP contribution >= 0.6 is 0 Å². The largest absolute Gasteiger partial charge is 0.285 e. The van der Waals surface area contributed by atoms with Crippen molar-refractivity contribution in [2.45, 2.75) is 20.8 Å². The summed E-state index contributed by atoms with van der Waals surface area (Å²) in [6.45, 7) is 7.02. The molecule has 0 N–H and O–H groups in total. The first-order valence-electron chi connectivity index (χ1n) is 5.02. The van der Waals surface area contributed by atoms with Gasteiger partial charge in [-0.05, 0) is 32.4 Å². The third-order valence-corrected chi connectivity index (χ3v) is 2.07. The first kappa shape index (κ1) is 10.7. The van der Waals surface area contributed by atoms with Crippen molar-refractivity contribution >= 4 is 5.71 Å². The number of benzene rings is 1. The lowest BCUT2D eigenvalue weighted by atomic mass is 10.0. The van der Waals surface area contributed by atoms with Crippen molar-refractivity contribution in [1.82, 2.24) is 0 Å². The molecule has 74 valence electrons. The van der Waals surface area contributed by atoms with Gasteiger partial charge in [-0.25, -0.2) is 0 Å². The van der Waals surface area contributed by atoms with E-state index < -0.39 is 0 Å². The normalized spacial score (nSPS) is 12.4. The molecular weight excluding hydrogens is 170 g/mol. The molecule has 1 aromatic carbocycles. The predicted octanol–water partition coefficient (Wildman–Crippen LogP) is 3.38. The lowest BCUT2D eigenvalue weighted by molar-refractivity contribution is 1.13. The lowest BCUT2D eigenvalue weighted by Crippen LogP contribution is -2.00. The highest BCUT2D eigenvalue weighted by Gasteiger charge is 2.01. The summed E-state index contributed by atoms with van der Waals surface area (Å²) in [5.74, 6) is 0. The van der Waals surface area contributed by atoms with E-state index in [0.29, 0.717) is 0 Å². The van der Waals surface area contributed by atoms with Gasteiger partial charge >= 0.3 is 0 Å². The van der Waals surface area contributed by atoms with Crippen LogP contribution in [0.3, 0.4) is 0 Å². The molecule has 0 radical (unpaired) electrons. The molecule has 0 saturated heterocycles. The summed E-state index contributed by atoms with van der Waals surface area (Å²) >= 11 is 0. The molecule has 0 unspecified atom stereocenters. The molecule has 0 saturated carbocycles. The summed E-state index contributed by atoms with van der Waals surface area (Å²) in [4.78, 5) is 4.47. The fourth-order valence-corrected chi connectivity index (χ4v) is 1.42. The minimum atomic E-state index is 0.827. The molecule has 0 fully saturated rings. The SMILES string of the molecule is C/C=C\C(=NCC)c1ccccc1C. The fourth-order valence-electron chi connectivity index (χ4n) is 1.42. The molecular formula is C13H17N. The number of aryl methyl sites for hydroxylation is 1. The predicted molar refractivity (Wildman–Crippen MR) is 63.1 cm³/mol. The van der Waals surface area contributed by atoms with Gasteiger partial charge in [0, 0.05) is 12.1 Å². The van der Waals surface area contributed by atoms with Crippen LogP contribution in [0.15, 0.2) is 41.4 Å².